The second-order valence-electron chi connectivity index (χ2n) is 8.95. The molecule has 33 heavy (non-hydrogen) atoms. The predicted octanol–water partition coefficient (Wildman–Crippen LogP) is 2.27. The smallest absolute Gasteiger partial charge is 0.294 e. The van der Waals surface area contributed by atoms with E-state index in [1.807, 2.05) is 0 Å². The number of aryl methyl sites for hydroxylation is 3. The molecular weight excluding hydrogens is 416 g/mol. The molecule has 170 valence electrons. The van der Waals surface area contributed by atoms with Crippen molar-refractivity contribution in [1.29, 1.82) is 0 Å². The lowest BCUT2D eigenvalue weighted by molar-refractivity contribution is -0.124. The molecule has 1 aromatic carbocycles. The van der Waals surface area contributed by atoms with E-state index < -0.39 is 6.04 Å². The first kappa shape index (κ1) is 21.3. The number of hydrogen-bond acceptors (Lipinski definition) is 6. The van der Waals surface area contributed by atoms with Crippen LogP contribution >= 0.6 is 0 Å². The Morgan fingerprint density at radius 1 is 1.06 bits per heavy atom. The Labute approximate surface area is 192 Å². The minimum atomic E-state index is -0.527. The Kier molecular flexibility index (Phi) is 5.68. The van der Waals surface area contributed by atoms with Crippen molar-refractivity contribution in [2.75, 3.05) is 5.32 Å². The van der Waals surface area contributed by atoms with E-state index in [4.69, 9.17) is 0 Å². The van der Waals surface area contributed by atoms with Crippen molar-refractivity contribution in [2.24, 2.45) is 0 Å². The van der Waals surface area contributed by atoms with E-state index in [-0.39, 0.29) is 17.3 Å². The van der Waals surface area contributed by atoms with Crippen LogP contribution in [0.2, 0.25) is 0 Å². The van der Waals surface area contributed by atoms with Crippen LogP contribution < -0.4 is 21.5 Å². The fourth-order valence-corrected chi connectivity index (χ4v) is 4.79. The number of fused-ring (bicyclic) bond motifs is 2. The van der Waals surface area contributed by atoms with Crippen molar-refractivity contribution in [3.63, 3.8) is 0 Å². The number of anilines is 1. The van der Waals surface area contributed by atoms with E-state index in [0.29, 0.717) is 25.9 Å². The zero-order valence-electron chi connectivity index (χ0n) is 18.9. The molecule has 0 spiro atoms. The van der Waals surface area contributed by atoms with E-state index >= 15 is 0 Å². The van der Waals surface area contributed by atoms with Gasteiger partial charge in [0, 0.05) is 44.3 Å². The molecule has 0 unspecified atom stereocenters. The maximum absolute atomic E-state index is 13.2. The van der Waals surface area contributed by atoms with Crippen molar-refractivity contribution in [3.05, 3.63) is 86.2 Å². The Bertz CT molecular complexity index is 1260. The van der Waals surface area contributed by atoms with Crippen LogP contribution in [0.15, 0.2) is 41.5 Å². The number of rotatable bonds is 6. The largest absolute Gasteiger partial charge is 0.361 e. The summed E-state index contributed by atoms with van der Waals surface area (Å²) in [7, 11) is 0. The molecule has 2 aliphatic rings. The van der Waals surface area contributed by atoms with Gasteiger partial charge in [-0.3, -0.25) is 19.1 Å². The lowest BCUT2D eigenvalue weighted by Gasteiger charge is -2.16. The molecule has 3 aromatic rings. The molecule has 0 aliphatic carbocycles. The number of hydrogen-bond donors (Lipinski definition) is 3. The molecule has 0 saturated carbocycles. The van der Waals surface area contributed by atoms with Gasteiger partial charge in [0.1, 0.15) is 6.04 Å². The Hall–Kier alpha value is -3.52. The first-order chi connectivity index (χ1) is 16.0. The van der Waals surface area contributed by atoms with Gasteiger partial charge in [-0.25, -0.2) is 4.98 Å². The van der Waals surface area contributed by atoms with Crippen LogP contribution in [-0.2, 0) is 37.4 Å². The highest BCUT2D eigenvalue weighted by Gasteiger charge is 2.30. The number of nitrogens with one attached hydrogen (secondary N) is 3. The molecule has 8 nitrogen and oxygen atoms in total. The average Bonchev–Trinajstić information content (AvgIpc) is 3.43. The second kappa shape index (κ2) is 8.78. The zero-order valence-corrected chi connectivity index (χ0v) is 18.9. The molecule has 4 heterocycles. The Balaban J connectivity index is 1.29. The van der Waals surface area contributed by atoms with Crippen molar-refractivity contribution >= 4 is 11.7 Å². The van der Waals surface area contributed by atoms with Crippen LogP contribution in [0, 0.1) is 13.8 Å². The quantitative estimate of drug-likeness (QED) is 0.539. The molecular formula is C25H28N6O2. The highest BCUT2D eigenvalue weighted by molar-refractivity contribution is 5.81. The highest BCUT2D eigenvalue weighted by atomic mass is 16.2. The molecule has 1 atom stereocenters. The summed E-state index contributed by atoms with van der Waals surface area (Å²) in [4.78, 5) is 35.0. The third-order valence-corrected chi connectivity index (χ3v) is 6.29. The zero-order chi connectivity index (χ0) is 22.9. The summed E-state index contributed by atoms with van der Waals surface area (Å²) in [6.07, 6.45) is 4.76. The van der Waals surface area contributed by atoms with Gasteiger partial charge in [0.2, 0.25) is 5.91 Å². The minimum Gasteiger partial charge on any atom is -0.361 e. The van der Waals surface area contributed by atoms with Crippen molar-refractivity contribution in [1.82, 2.24) is 25.2 Å². The van der Waals surface area contributed by atoms with Crippen LogP contribution in [0.4, 0.5) is 5.82 Å². The lowest BCUT2D eigenvalue weighted by Crippen LogP contribution is -2.36. The Morgan fingerprint density at radius 3 is 2.70 bits per heavy atom. The Morgan fingerprint density at radius 2 is 1.88 bits per heavy atom. The number of aromatic nitrogens is 3. The first-order valence-electron chi connectivity index (χ1n) is 11.3. The second-order valence-corrected chi connectivity index (χ2v) is 8.95. The molecule has 5 rings (SSSR count). The van der Waals surface area contributed by atoms with Gasteiger partial charge in [0.15, 0.2) is 5.82 Å². The maximum Gasteiger partial charge on any atom is 0.294 e. The molecule has 2 aromatic heterocycles. The summed E-state index contributed by atoms with van der Waals surface area (Å²) in [6.45, 7) is 6.59. The van der Waals surface area contributed by atoms with E-state index in [9.17, 15) is 9.59 Å². The van der Waals surface area contributed by atoms with Crippen LogP contribution in [0.3, 0.4) is 0 Å². The minimum absolute atomic E-state index is 0.152. The third-order valence-electron chi connectivity index (χ3n) is 6.29. The fraction of sp³-hybridized carbons (Fsp3) is 0.360. The molecule has 3 N–H and O–H groups in total. The average molecular weight is 445 g/mol. The number of carbonyl (C=O) groups excluding carboxylic acids is 1. The van der Waals surface area contributed by atoms with Gasteiger partial charge < -0.3 is 16.0 Å². The van der Waals surface area contributed by atoms with Crippen LogP contribution in [-0.4, -0.2) is 20.4 Å². The van der Waals surface area contributed by atoms with E-state index in [0.717, 1.165) is 35.6 Å². The molecule has 0 saturated heterocycles. The molecule has 0 radical (unpaired) electrons. The van der Waals surface area contributed by atoms with Gasteiger partial charge >= 0.3 is 0 Å². The van der Waals surface area contributed by atoms with Crippen LogP contribution in [0.25, 0.3) is 0 Å². The summed E-state index contributed by atoms with van der Waals surface area (Å²) in [5, 5.41) is 9.43. The topological polar surface area (TPSA) is 101 Å². The number of nitrogens with zero attached hydrogens (tertiary/aromatic N) is 3. The summed E-state index contributed by atoms with van der Waals surface area (Å²) in [5.74, 6) is 0.119. The highest BCUT2D eigenvalue weighted by Crippen LogP contribution is 2.24. The molecule has 0 fully saturated rings. The number of benzene rings is 1. The van der Waals surface area contributed by atoms with Gasteiger partial charge in [0.25, 0.3) is 5.56 Å². The normalized spacial score (nSPS) is 16.4. The van der Waals surface area contributed by atoms with Gasteiger partial charge in [0.05, 0.1) is 5.69 Å². The molecule has 8 heteroatoms. The fourth-order valence-electron chi connectivity index (χ4n) is 4.79. The van der Waals surface area contributed by atoms with Crippen LogP contribution in [0.1, 0.15) is 51.7 Å². The number of pyridine rings is 1. The first-order valence-corrected chi connectivity index (χ1v) is 11.3. The monoisotopic (exact) mass is 444 g/mol. The van der Waals surface area contributed by atoms with Crippen molar-refractivity contribution in [3.8, 4) is 0 Å². The molecule has 1 amide bonds. The van der Waals surface area contributed by atoms with Crippen molar-refractivity contribution in [2.45, 2.75) is 58.9 Å². The lowest BCUT2D eigenvalue weighted by atomic mass is 10.1. The summed E-state index contributed by atoms with van der Waals surface area (Å²) in [6, 6.07) is 7.85. The van der Waals surface area contributed by atoms with Crippen molar-refractivity contribution < 1.29 is 4.79 Å². The van der Waals surface area contributed by atoms with Gasteiger partial charge in [-0.1, -0.05) is 29.3 Å². The van der Waals surface area contributed by atoms with E-state index in [2.05, 4.69) is 64.0 Å². The van der Waals surface area contributed by atoms with Gasteiger partial charge in [-0.05, 0) is 49.4 Å². The standard InChI is InChI=1S/C25H28N6O2/c1-15-5-16(2)7-17(6-15)9-28-23-25(33)31-20(13-29-23)3-4-22(31)24(32)30-11-18-8-19-12-26-14-21(19)27-10-18/h5-8,10,13,22,26H,3-4,9,11-12,14H2,1-2H3,(H,28,29)(H,30,32)/t22-/m0/s1. The maximum atomic E-state index is 13.2. The molecule has 0 bridgehead atoms. The summed E-state index contributed by atoms with van der Waals surface area (Å²) < 4.78 is 1.59. The third kappa shape index (κ3) is 4.39. The predicted molar refractivity (Wildman–Crippen MR) is 126 cm³/mol. The van der Waals surface area contributed by atoms with Gasteiger partial charge in [-0.15, -0.1) is 0 Å². The number of amides is 1. The van der Waals surface area contributed by atoms with E-state index in [1.165, 1.54) is 16.7 Å². The summed E-state index contributed by atoms with van der Waals surface area (Å²) >= 11 is 0. The number of carbonyl (C=O) groups is 1. The van der Waals surface area contributed by atoms with Gasteiger partial charge in [-0.2, -0.15) is 0 Å². The van der Waals surface area contributed by atoms with Crippen LogP contribution in [0.5, 0.6) is 0 Å². The SMILES string of the molecule is Cc1cc(C)cc(CNc2ncc3n(c2=O)[C@H](C(=O)NCc2cnc4c(c2)CNC4)CC3)c1. The molecule has 2 aliphatic heterocycles. The van der Waals surface area contributed by atoms with E-state index in [1.54, 1.807) is 17.0 Å². The summed E-state index contributed by atoms with van der Waals surface area (Å²) in [5.41, 5.74) is 7.19.